The molecule has 4 saturated heterocycles. The Morgan fingerprint density at radius 2 is 0.613 bits per heavy atom. The van der Waals surface area contributed by atoms with Crippen LogP contribution < -0.4 is 46.6 Å². The number of pyridine rings is 4. The number of benzene rings is 8. The largest absolute Gasteiger partial charge is 0.496 e. The minimum Gasteiger partial charge on any atom is -0.496 e. The van der Waals surface area contributed by atoms with E-state index in [1.165, 1.54) is 34.1 Å². The van der Waals surface area contributed by atoms with E-state index in [4.69, 9.17) is 4.74 Å². The Hall–Kier alpha value is -18.8. The summed E-state index contributed by atoms with van der Waals surface area (Å²) >= 11 is 0. The number of imidazole rings is 3. The number of methoxy groups -OCH3 is 1. The second-order valence-corrected chi connectivity index (χ2v) is 36.2. The van der Waals surface area contributed by atoms with Crippen molar-refractivity contribution in [2.45, 2.75) is 38.0 Å². The van der Waals surface area contributed by atoms with Crippen molar-refractivity contribution in [2.75, 3.05) is 131 Å². The number of aromatic amines is 8. The highest BCUT2D eigenvalue weighted by molar-refractivity contribution is 6.00. The lowest BCUT2D eigenvalue weighted by molar-refractivity contribution is -0.138. The van der Waals surface area contributed by atoms with Crippen LogP contribution in [-0.4, -0.2) is 261 Å². The molecule has 4 amide bonds. The molecule has 20 aromatic rings. The van der Waals surface area contributed by atoms with Crippen molar-refractivity contribution in [3.63, 3.8) is 0 Å². The molecule has 4 fully saturated rings. The highest BCUT2D eigenvalue weighted by atomic mass is 19.4. The third-order valence-corrected chi connectivity index (χ3v) is 27.0. The van der Waals surface area contributed by atoms with Crippen LogP contribution in [0.2, 0.25) is 0 Å². The molecule has 12 aromatic heterocycles. The van der Waals surface area contributed by atoms with Crippen LogP contribution >= 0.6 is 0 Å². The molecular weight excluding hydrogens is 1940 g/mol. The van der Waals surface area contributed by atoms with Gasteiger partial charge < -0.3 is 58.9 Å². The van der Waals surface area contributed by atoms with Gasteiger partial charge in [-0.25, -0.2) is 55.3 Å². The van der Waals surface area contributed by atoms with Crippen LogP contribution in [0.3, 0.4) is 0 Å². The molecular formula is C106H91F6N29O9. The minimum absolute atomic E-state index is 0.0153. The number of carbonyl (C=O) groups excluding carboxylic acids is 4. The second kappa shape index (κ2) is 41.7. The number of rotatable bonds is 17. The standard InChI is InChI=1S/C27H22F3N7O2.C27H25N7O3.C26H21F3N8O2.C26H23N7O2/c28-27(29,30)20-6-5-16(14-22-17-3-1-2-4-18(17)25(38)35-34-22)13-19(20)26(39)37-11-9-36(10-12-37)23-8-7-21-24(33-23)32-15-31-21;1-37-23-8-6-17(15-22-18-4-2-3-5-19(18)26(35)32-31-22)14-20(23)27(36)34-12-10-33(11-13-34)24-9-7-21-25(30-24)29-16-28-21;27-26(28,29)19-6-5-15(14-21-16-3-1-2-4-17(16)24(38)34-31-21)13-18(19)25(39)37-11-9-36(10-12-37)22-8-7-20-23(30-22)33-35-32-20;34-25-20-7-2-1-6-19(20)22(30-31-25)15-17-4-3-5-18(14-17)26(35)33-12-10-32(11-13-33)23-9-8-21-24(29-23)28-16-27-21/h1-8,13,15H,9-12,14H2,(H,35,38)(H,31,32,33);2-9,14,16H,10-13,15H2,1H3,(H,32,35)(H,28,29,30);1-8,13H,9-12,14H2,(H,34,38)(H,30,32,33,35);1-9,14,16H,10-13,15H2,(H,31,34)(H,27,28,29). The molecule has 0 aliphatic carbocycles. The molecule has 0 atom stereocenters. The number of fused-ring (bicyclic) bond motifs is 8. The van der Waals surface area contributed by atoms with Crippen molar-refractivity contribution in [1.29, 1.82) is 0 Å². The van der Waals surface area contributed by atoms with Crippen molar-refractivity contribution >= 4 is 135 Å². The maximum atomic E-state index is 13.9. The van der Waals surface area contributed by atoms with Crippen molar-refractivity contribution in [1.82, 2.24) is 126 Å². The number of piperazine rings is 4. The fourth-order valence-corrected chi connectivity index (χ4v) is 19.2. The van der Waals surface area contributed by atoms with Gasteiger partial charge in [-0.15, -0.1) is 5.10 Å². The summed E-state index contributed by atoms with van der Waals surface area (Å²) in [4.78, 5) is 157. The number of alkyl halides is 6. The van der Waals surface area contributed by atoms with E-state index in [1.54, 1.807) is 98.9 Å². The molecule has 0 spiro atoms. The highest BCUT2D eigenvalue weighted by Crippen LogP contribution is 2.38. The van der Waals surface area contributed by atoms with Gasteiger partial charge in [-0.1, -0.05) is 103 Å². The number of hydrogen-bond acceptors (Lipinski definition) is 26. The zero-order valence-corrected chi connectivity index (χ0v) is 80.1. The Kier molecular flexibility index (Phi) is 27.1. The predicted molar refractivity (Wildman–Crippen MR) is 549 cm³/mol. The number of anilines is 4. The van der Waals surface area contributed by atoms with Crippen LogP contribution in [0.25, 0.3) is 87.7 Å². The topological polar surface area (TPSA) is 466 Å². The van der Waals surface area contributed by atoms with E-state index in [0.29, 0.717) is 203 Å². The third kappa shape index (κ3) is 20.7. The van der Waals surface area contributed by atoms with Crippen molar-refractivity contribution in [3.8, 4) is 5.75 Å². The van der Waals surface area contributed by atoms with Gasteiger partial charge in [0.2, 0.25) is 5.65 Å². The smallest absolute Gasteiger partial charge is 0.417 e. The summed E-state index contributed by atoms with van der Waals surface area (Å²) in [6, 6.07) is 64.1. The molecule has 150 heavy (non-hydrogen) atoms. The predicted octanol–water partition coefficient (Wildman–Crippen LogP) is 12.4. The van der Waals surface area contributed by atoms with E-state index in [0.717, 1.165) is 73.6 Å². The summed E-state index contributed by atoms with van der Waals surface area (Å²) in [6.45, 7) is 7.72. The first kappa shape index (κ1) is 97.3. The Morgan fingerprint density at radius 1 is 0.307 bits per heavy atom. The lowest BCUT2D eigenvalue weighted by atomic mass is 9.98. The quantitative estimate of drug-likeness (QED) is 0.0392. The Bertz CT molecular complexity index is 8540. The van der Waals surface area contributed by atoms with Crippen molar-refractivity contribution in [3.05, 3.63) is 363 Å². The highest BCUT2D eigenvalue weighted by Gasteiger charge is 2.40. The Morgan fingerprint density at radius 3 is 0.960 bits per heavy atom. The molecule has 0 radical (unpaired) electrons. The SMILES string of the molecule is COc1ccc(Cc2n[nH]c(=O)c3ccccc23)cc1C(=O)N1CCN(c2ccc3[nH]cnc3n2)CC1.O=C(c1cc(Cc2n[nH]c(=O)c3ccccc23)ccc1C(F)(F)F)N1CCN(c2ccc3[nH]cnc3n2)CC1.O=C(c1cc(Cc2n[nH]c(=O)c3ccccc23)ccc1C(F)(F)F)N1CCN(c2ccc3n[nH]nc3n2)CC1.O=C(c1cccc(Cc2n[nH]c(=O)c3ccccc23)c1)N1CCN(c2ccc3[nH]cnc3n2)CC1. The van der Waals surface area contributed by atoms with Gasteiger partial charge in [-0.05, 0) is 144 Å². The van der Waals surface area contributed by atoms with E-state index < -0.39 is 46.4 Å². The third-order valence-electron chi connectivity index (χ3n) is 27.0. The average Bonchev–Trinajstić information content (AvgIpc) is 0.976. The molecule has 0 unspecified atom stereocenters. The van der Waals surface area contributed by atoms with Gasteiger partial charge >= 0.3 is 12.4 Å². The van der Waals surface area contributed by atoms with Crippen LogP contribution in [0.1, 0.15) is 97.6 Å². The molecule has 38 nitrogen and oxygen atoms in total. The monoisotopic (exact) mass is 2030 g/mol. The number of hydrogen-bond donors (Lipinski definition) is 8. The second-order valence-electron chi connectivity index (χ2n) is 36.2. The number of amides is 4. The van der Waals surface area contributed by atoms with Crippen LogP contribution in [-0.2, 0) is 38.0 Å². The summed E-state index contributed by atoms with van der Waals surface area (Å²) in [5, 5.41) is 42.2. The summed E-state index contributed by atoms with van der Waals surface area (Å²) in [7, 11) is 1.57. The average molecular weight is 2030 g/mol. The number of H-pyrrole nitrogens is 8. The zero-order valence-electron chi connectivity index (χ0n) is 80.1. The van der Waals surface area contributed by atoms with Gasteiger partial charge in [0.25, 0.3) is 45.9 Å². The van der Waals surface area contributed by atoms with Crippen molar-refractivity contribution in [2.24, 2.45) is 0 Å². The van der Waals surface area contributed by atoms with E-state index in [9.17, 15) is 64.7 Å². The molecule has 44 heteroatoms. The van der Waals surface area contributed by atoms with Gasteiger partial charge in [0, 0.05) is 158 Å². The summed E-state index contributed by atoms with van der Waals surface area (Å²) < 4.78 is 89.1. The first-order valence-electron chi connectivity index (χ1n) is 48.1. The number of nitrogens with one attached hydrogen (secondary N) is 8. The van der Waals surface area contributed by atoms with E-state index in [-0.39, 0.29) is 73.1 Å². The zero-order chi connectivity index (χ0) is 103. The van der Waals surface area contributed by atoms with Crippen molar-refractivity contribution < 1.29 is 50.3 Å². The van der Waals surface area contributed by atoms with Gasteiger partial charge in [-0.3, -0.25) is 38.4 Å². The van der Waals surface area contributed by atoms with E-state index in [1.807, 2.05) is 135 Å². The number of nitrogens with zero attached hydrogens (tertiary/aromatic N) is 21. The number of ether oxygens (including phenoxy) is 1. The molecule has 8 aromatic carbocycles. The first-order valence-corrected chi connectivity index (χ1v) is 48.1. The maximum absolute atomic E-state index is 13.9. The number of halogens is 6. The lowest BCUT2D eigenvalue weighted by Crippen LogP contribution is -2.49. The molecule has 0 bridgehead atoms. The van der Waals surface area contributed by atoms with Crippen LogP contribution in [0.5, 0.6) is 5.75 Å². The summed E-state index contributed by atoms with van der Waals surface area (Å²) in [6.07, 6.45) is -3.30. The molecule has 0 saturated carbocycles. The molecule has 4 aliphatic heterocycles. The summed E-state index contributed by atoms with van der Waals surface area (Å²) in [5.41, 5.74) is 8.23. The molecule has 16 heterocycles. The van der Waals surface area contributed by atoms with Crippen LogP contribution in [0.15, 0.2) is 263 Å². The Balaban J connectivity index is 0.000000117. The molecule has 756 valence electrons. The summed E-state index contributed by atoms with van der Waals surface area (Å²) in [5.74, 6) is 2.17. The normalized spacial score (nSPS) is 14.2. The minimum atomic E-state index is -4.70. The van der Waals surface area contributed by atoms with Gasteiger partial charge in [-0.2, -0.15) is 57.0 Å². The van der Waals surface area contributed by atoms with E-state index in [2.05, 4.69) is 116 Å². The Labute approximate surface area is 844 Å². The molecule has 8 N–H and O–H groups in total. The van der Waals surface area contributed by atoms with Crippen LogP contribution in [0.4, 0.5) is 49.6 Å². The fourth-order valence-electron chi connectivity index (χ4n) is 19.2. The van der Waals surface area contributed by atoms with E-state index >= 15 is 0 Å². The fraction of sp³-hybridized carbons (Fsp3) is 0.217. The number of carbonyl (C=O) groups is 4. The lowest BCUT2D eigenvalue weighted by Gasteiger charge is -2.35. The maximum Gasteiger partial charge on any atom is 0.417 e. The molecule has 4 aliphatic rings. The van der Waals surface area contributed by atoms with Gasteiger partial charge in [0.05, 0.1) is 115 Å². The number of aromatic nitrogens is 21. The molecule has 24 rings (SSSR count). The van der Waals surface area contributed by atoms with Gasteiger partial charge in [0.1, 0.15) is 34.5 Å². The van der Waals surface area contributed by atoms with Gasteiger partial charge in [0.15, 0.2) is 16.9 Å². The first-order chi connectivity index (χ1) is 72.8. The van der Waals surface area contributed by atoms with Crippen LogP contribution in [0, 0.1) is 0 Å².